The van der Waals surface area contributed by atoms with Crippen LogP contribution < -0.4 is 0 Å². The average Bonchev–Trinajstić information content (AvgIpc) is 2.69. The van der Waals surface area contributed by atoms with Gasteiger partial charge >= 0.3 is 0 Å². The third kappa shape index (κ3) is 2.09. The first-order valence-corrected chi connectivity index (χ1v) is 5.18. The molecule has 0 amide bonds. The van der Waals surface area contributed by atoms with E-state index in [-0.39, 0.29) is 5.41 Å². The summed E-state index contributed by atoms with van der Waals surface area (Å²) in [5, 5.41) is 4.23. The lowest BCUT2D eigenvalue weighted by Gasteiger charge is -2.19. The molecule has 0 bridgehead atoms. The Morgan fingerprint density at radius 3 is 2.53 bits per heavy atom. The molecule has 0 spiro atoms. The van der Waals surface area contributed by atoms with Crippen molar-refractivity contribution in [3.63, 3.8) is 0 Å². The first-order valence-electron chi connectivity index (χ1n) is 5.18. The van der Waals surface area contributed by atoms with Crippen LogP contribution in [-0.4, -0.2) is 9.78 Å². The molecule has 2 rings (SSSR count). The maximum atomic E-state index is 4.23. The molecule has 0 atom stereocenters. The molecular weight excluding hydrogens is 184 g/mol. The molecule has 1 aromatic heterocycles. The SMILES string of the molecule is CC(C)(C)c1cccc(-n2cccn2)c1. The molecule has 0 saturated heterocycles. The third-order valence-electron chi connectivity index (χ3n) is 2.48. The topological polar surface area (TPSA) is 17.8 Å². The van der Waals surface area contributed by atoms with Gasteiger partial charge in [-0.3, -0.25) is 0 Å². The molecule has 0 aliphatic carbocycles. The van der Waals surface area contributed by atoms with E-state index in [0.29, 0.717) is 0 Å². The number of rotatable bonds is 1. The molecular formula is C13H16N2. The van der Waals surface area contributed by atoms with Gasteiger partial charge in [-0.15, -0.1) is 0 Å². The Labute approximate surface area is 90.6 Å². The van der Waals surface area contributed by atoms with Gasteiger partial charge in [0, 0.05) is 12.4 Å². The summed E-state index contributed by atoms with van der Waals surface area (Å²) in [4.78, 5) is 0. The molecule has 0 aliphatic rings. The molecule has 1 heterocycles. The zero-order chi connectivity index (χ0) is 10.9. The van der Waals surface area contributed by atoms with Crippen molar-refractivity contribution in [2.45, 2.75) is 26.2 Å². The lowest BCUT2D eigenvalue weighted by molar-refractivity contribution is 0.589. The standard InChI is InChI=1S/C13H16N2/c1-13(2,3)11-6-4-7-12(10-11)15-9-5-8-14-15/h4-10H,1-3H3. The van der Waals surface area contributed by atoms with E-state index in [1.165, 1.54) is 5.56 Å². The Kier molecular flexibility index (Phi) is 2.35. The Hall–Kier alpha value is -1.57. The molecule has 2 aromatic rings. The normalized spacial score (nSPS) is 11.7. The van der Waals surface area contributed by atoms with E-state index in [4.69, 9.17) is 0 Å². The minimum absolute atomic E-state index is 0.184. The monoisotopic (exact) mass is 200 g/mol. The largest absolute Gasteiger partial charge is 0.241 e. The number of hydrogen-bond acceptors (Lipinski definition) is 1. The van der Waals surface area contributed by atoms with Gasteiger partial charge in [0.25, 0.3) is 0 Å². The van der Waals surface area contributed by atoms with Crippen LogP contribution in [0.1, 0.15) is 26.3 Å². The predicted octanol–water partition coefficient (Wildman–Crippen LogP) is 3.17. The second-order valence-corrected chi connectivity index (χ2v) is 4.75. The molecule has 1 aromatic carbocycles. The van der Waals surface area contributed by atoms with Gasteiger partial charge in [-0.2, -0.15) is 5.10 Å². The summed E-state index contributed by atoms with van der Waals surface area (Å²) in [5.41, 5.74) is 2.63. The van der Waals surface area contributed by atoms with Gasteiger partial charge in [-0.1, -0.05) is 32.9 Å². The van der Waals surface area contributed by atoms with Crippen molar-refractivity contribution < 1.29 is 0 Å². The molecule has 0 fully saturated rings. The van der Waals surface area contributed by atoms with Crippen molar-refractivity contribution in [2.75, 3.05) is 0 Å². The Morgan fingerprint density at radius 2 is 1.93 bits per heavy atom. The van der Waals surface area contributed by atoms with Crippen LogP contribution in [-0.2, 0) is 5.41 Å². The number of nitrogens with zero attached hydrogens (tertiary/aromatic N) is 2. The van der Waals surface area contributed by atoms with Crippen LogP contribution in [0, 0.1) is 0 Å². The van der Waals surface area contributed by atoms with Crippen molar-refractivity contribution >= 4 is 0 Å². The van der Waals surface area contributed by atoms with Crippen LogP contribution in [0.4, 0.5) is 0 Å². The fourth-order valence-corrected chi connectivity index (χ4v) is 1.54. The third-order valence-corrected chi connectivity index (χ3v) is 2.48. The smallest absolute Gasteiger partial charge is 0.0648 e. The second-order valence-electron chi connectivity index (χ2n) is 4.75. The summed E-state index contributed by atoms with van der Waals surface area (Å²) in [6, 6.07) is 10.4. The van der Waals surface area contributed by atoms with E-state index < -0.39 is 0 Å². The Balaban J connectivity index is 2.44. The van der Waals surface area contributed by atoms with Gasteiger partial charge in [-0.25, -0.2) is 4.68 Å². The van der Waals surface area contributed by atoms with Crippen LogP contribution in [0.2, 0.25) is 0 Å². The zero-order valence-electron chi connectivity index (χ0n) is 9.44. The summed E-state index contributed by atoms with van der Waals surface area (Å²) in [5.74, 6) is 0. The highest BCUT2D eigenvalue weighted by Crippen LogP contribution is 2.23. The number of hydrogen-bond donors (Lipinski definition) is 0. The molecule has 2 nitrogen and oxygen atoms in total. The van der Waals surface area contributed by atoms with Crippen molar-refractivity contribution in [2.24, 2.45) is 0 Å². The maximum absolute atomic E-state index is 4.23. The molecule has 0 N–H and O–H groups in total. The zero-order valence-corrected chi connectivity index (χ0v) is 9.44. The Morgan fingerprint density at radius 1 is 1.13 bits per heavy atom. The van der Waals surface area contributed by atoms with Crippen molar-refractivity contribution in [3.05, 3.63) is 48.3 Å². The van der Waals surface area contributed by atoms with Gasteiger partial charge in [-0.05, 0) is 29.2 Å². The number of benzene rings is 1. The van der Waals surface area contributed by atoms with Crippen LogP contribution in [0.15, 0.2) is 42.7 Å². The van der Waals surface area contributed by atoms with Crippen molar-refractivity contribution in [1.29, 1.82) is 0 Å². The van der Waals surface area contributed by atoms with E-state index in [2.05, 4.69) is 50.1 Å². The highest BCUT2D eigenvalue weighted by atomic mass is 15.3. The van der Waals surface area contributed by atoms with E-state index in [1.807, 2.05) is 16.9 Å². The van der Waals surface area contributed by atoms with Gasteiger partial charge in [0.15, 0.2) is 0 Å². The second kappa shape index (κ2) is 3.54. The van der Waals surface area contributed by atoms with E-state index in [0.717, 1.165) is 5.69 Å². The molecule has 0 saturated carbocycles. The molecule has 15 heavy (non-hydrogen) atoms. The quantitative estimate of drug-likeness (QED) is 0.691. The highest BCUT2D eigenvalue weighted by Gasteiger charge is 2.13. The predicted molar refractivity (Wildman–Crippen MR) is 62.3 cm³/mol. The summed E-state index contributed by atoms with van der Waals surface area (Å²) < 4.78 is 1.88. The van der Waals surface area contributed by atoms with Crippen LogP contribution in [0.25, 0.3) is 5.69 Å². The van der Waals surface area contributed by atoms with E-state index in [1.54, 1.807) is 6.20 Å². The fraction of sp³-hybridized carbons (Fsp3) is 0.308. The first kappa shape index (κ1) is 9.97. The molecule has 0 unspecified atom stereocenters. The summed E-state index contributed by atoms with van der Waals surface area (Å²) in [6.45, 7) is 6.65. The summed E-state index contributed by atoms with van der Waals surface area (Å²) in [7, 11) is 0. The fourth-order valence-electron chi connectivity index (χ4n) is 1.54. The van der Waals surface area contributed by atoms with Crippen LogP contribution in [0.5, 0.6) is 0 Å². The summed E-state index contributed by atoms with van der Waals surface area (Å²) >= 11 is 0. The molecule has 78 valence electrons. The van der Waals surface area contributed by atoms with Gasteiger partial charge in [0.05, 0.1) is 5.69 Å². The minimum Gasteiger partial charge on any atom is -0.241 e. The molecule has 2 heteroatoms. The molecule has 0 radical (unpaired) electrons. The maximum Gasteiger partial charge on any atom is 0.0648 e. The van der Waals surface area contributed by atoms with Crippen molar-refractivity contribution in [3.8, 4) is 5.69 Å². The minimum atomic E-state index is 0.184. The first-order chi connectivity index (χ1) is 7.07. The highest BCUT2D eigenvalue weighted by molar-refractivity contribution is 5.37. The van der Waals surface area contributed by atoms with Crippen LogP contribution >= 0.6 is 0 Å². The lowest BCUT2D eigenvalue weighted by Crippen LogP contribution is -2.11. The molecule has 0 aliphatic heterocycles. The van der Waals surface area contributed by atoms with Crippen LogP contribution in [0.3, 0.4) is 0 Å². The van der Waals surface area contributed by atoms with Gasteiger partial charge < -0.3 is 0 Å². The van der Waals surface area contributed by atoms with Gasteiger partial charge in [0.1, 0.15) is 0 Å². The summed E-state index contributed by atoms with van der Waals surface area (Å²) in [6.07, 6.45) is 3.76. The van der Waals surface area contributed by atoms with Gasteiger partial charge in [0.2, 0.25) is 0 Å². The van der Waals surface area contributed by atoms with E-state index >= 15 is 0 Å². The number of aromatic nitrogens is 2. The lowest BCUT2D eigenvalue weighted by atomic mass is 9.87. The van der Waals surface area contributed by atoms with Crippen molar-refractivity contribution in [1.82, 2.24) is 9.78 Å². The van der Waals surface area contributed by atoms with E-state index in [9.17, 15) is 0 Å². The Bertz CT molecular complexity index is 436. The average molecular weight is 200 g/mol.